The number of nitrogens with zero attached hydrogens (tertiary/aromatic N) is 1. The van der Waals surface area contributed by atoms with Crippen LogP contribution in [0.4, 0.5) is 22.0 Å². The smallest absolute Gasteiger partial charge is 0.471 e. The molecule has 1 heterocycles. The molecule has 0 radical (unpaired) electrons. The molecule has 0 aliphatic carbocycles. The van der Waals surface area contributed by atoms with Crippen molar-refractivity contribution in [2.24, 2.45) is 5.41 Å². The number of aliphatic carboxylic acids is 1. The molecule has 0 bridgehead atoms. The monoisotopic (exact) mass is 261 g/mol. The van der Waals surface area contributed by atoms with Crippen LogP contribution in [0.25, 0.3) is 0 Å². The lowest BCUT2D eigenvalue weighted by atomic mass is 9.88. The first-order chi connectivity index (χ1) is 7.61. The molecule has 1 aliphatic rings. The number of amides is 1. The third-order valence-corrected chi connectivity index (χ3v) is 2.67. The van der Waals surface area contributed by atoms with Crippen molar-refractivity contribution < 1.29 is 36.6 Å². The highest BCUT2D eigenvalue weighted by Gasteiger charge is 2.56. The number of hydrogen-bond acceptors (Lipinski definition) is 2. The van der Waals surface area contributed by atoms with Crippen molar-refractivity contribution in [1.82, 2.24) is 4.90 Å². The van der Waals surface area contributed by atoms with Crippen molar-refractivity contribution in [3.8, 4) is 0 Å². The van der Waals surface area contributed by atoms with E-state index < -0.39 is 49.4 Å². The summed E-state index contributed by atoms with van der Waals surface area (Å²) in [5.74, 6) is -4.19. The zero-order valence-corrected chi connectivity index (χ0v) is 8.30. The summed E-state index contributed by atoms with van der Waals surface area (Å²) in [4.78, 5) is 21.5. The fourth-order valence-corrected chi connectivity index (χ4v) is 1.63. The molecule has 1 unspecified atom stereocenters. The van der Waals surface area contributed by atoms with Gasteiger partial charge in [0.2, 0.25) is 0 Å². The van der Waals surface area contributed by atoms with Crippen molar-refractivity contribution in [2.45, 2.75) is 19.0 Å². The van der Waals surface area contributed by atoms with Gasteiger partial charge in [-0.2, -0.15) is 13.2 Å². The number of alkyl halides is 5. The summed E-state index contributed by atoms with van der Waals surface area (Å²) in [5.41, 5.74) is -2.60. The van der Waals surface area contributed by atoms with E-state index in [9.17, 15) is 31.5 Å². The van der Waals surface area contributed by atoms with Gasteiger partial charge in [0.15, 0.2) is 0 Å². The van der Waals surface area contributed by atoms with E-state index in [0.717, 1.165) is 0 Å². The Balaban J connectivity index is 2.88. The van der Waals surface area contributed by atoms with E-state index >= 15 is 0 Å². The van der Waals surface area contributed by atoms with E-state index in [1.165, 1.54) is 0 Å². The van der Waals surface area contributed by atoms with Gasteiger partial charge in [0, 0.05) is 13.1 Å². The van der Waals surface area contributed by atoms with E-state index in [1.807, 2.05) is 0 Å². The summed E-state index contributed by atoms with van der Waals surface area (Å²) in [6.45, 7) is -1.77. The largest absolute Gasteiger partial charge is 0.481 e. The molecule has 17 heavy (non-hydrogen) atoms. The SMILES string of the molecule is O=C(N1CCC(C(=O)O)(C(F)F)C1)C(F)(F)F. The Bertz CT molecular complexity index is 343. The molecule has 4 nitrogen and oxygen atoms in total. The Morgan fingerprint density at radius 3 is 2.12 bits per heavy atom. The van der Waals surface area contributed by atoms with E-state index in [4.69, 9.17) is 5.11 Å². The second-order valence-corrected chi connectivity index (χ2v) is 3.74. The number of rotatable bonds is 2. The van der Waals surface area contributed by atoms with Gasteiger partial charge in [0.05, 0.1) is 0 Å². The number of carbonyl (C=O) groups excluding carboxylic acids is 1. The summed E-state index contributed by atoms with van der Waals surface area (Å²) in [6, 6.07) is 0. The van der Waals surface area contributed by atoms with Crippen LogP contribution in [0, 0.1) is 5.41 Å². The second-order valence-electron chi connectivity index (χ2n) is 3.74. The van der Waals surface area contributed by atoms with Crippen LogP contribution in [0.5, 0.6) is 0 Å². The zero-order valence-electron chi connectivity index (χ0n) is 8.30. The normalized spacial score (nSPS) is 25.4. The molecule has 1 fully saturated rings. The zero-order chi connectivity index (χ0) is 13.4. The van der Waals surface area contributed by atoms with Gasteiger partial charge in [0.25, 0.3) is 6.43 Å². The Hall–Kier alpha value is -1.41. The quantitative estimate of drug-likeness (QED) is 0.758. The molecule has 0 spiro atoms. The molecule has 98 valence electrons. The van der Waals surface area contributed by atoms with Crippen molar-refractivity contribution in [3.05, 3.63) is 0 Å². The number of carboxylic acid groups (broad SMARTS) is 1. The first-order valence-electron chi connectivity index (χ1n) is 4.49. The molecule has 1 atom stereocenters. The number of carboxylic acids is 1. The topological polar surface area (TPSA) is 57.6 Å². The molecule has 1 N–H and O–H groups in total. The highest BCUT2D eigenvalue weighted by molar-refractivity contribution is 5.84. The van der Waals surface area contributed by atoms with Gasteiger partial charge in [-0.15, -0.1) is 0 Å². The first kappa shape index (κ1) is 13.7. The second kappa shape index (κ2) is 4.11. The lowest BCUT2D eigenvalue weighted by Crippen LogP contribution is -2.45. The van der Waals surface area contributed by atoms with Crippen LogP contribution in [-0.2, 0) is 9.59 Å². The van der Waals surface area contributed by atoms with Crippen LogP contribution in [0.15, 0.2) is 0 Å². The van der Waals surface area contributed by atoms with E-state index in [0.29, 0.717) is 0 Å². The number of hydrogen-bond donors (Lipinski definition) is 1. The summed E-state index contributed by atoms with van der Waals surface area (Å²) < 4.78 is 61.2. The lowest BCUT2D eigenvalue weighted by Gasteiger charge is -2.24. The average Bonchev–Trinajstić information content (AvgIpc) is 2.60. The fourth-order valence-electron chi connectivity index (χ4n) is 1.63. The average molecular weight is 261 g/mol. The van der Waals surface area contributed by atoms with Crippen LogP contribution in [-0.4, -0.2) is 47.6 Å². The molecular formula is C8H8F5NO3. The first-order valence-corrected chi connectivity index (χ1v) is 4.49. The van der Waals surface area contributed by atoms with Crippen LogP contribution in [0.3, 0.4) is 0 Å². The molecular weight excluding hydrogens is 253 g/mol. The Labute approximate surface area is 92.0 Å². The van der Waals surface area contributed by atoms with Gasteiger partial charge in [-0.25, -0.2) is 8.78 Å². The maximum absolute atomic E-state index is 12.6. The highest BCUT2D eigenvalue weighted by atomic mass is 19.4. The van der Waals surface area contributed by atoms with Gasteiger partial charge in [-0.3, -0.25) is 9.59 Å². The van der Waals surface area contributed by atoms with Crippen LogP contribution in [0.1, 0.15) is 6.42 Å². The summed E-state index contributed by atoms with van der Waals surface area (Å²) >= 11 is 0. The molecule has 1 amide bonds. The Morgan fingerprint density at radius 1 is 1.29 bits per heavy atom. The molecule has 0 aromatic rings. The predicted molar refractivity (Wildman–Crippen MR) is 43.3 cm³/mol. The molecule has 0 aromatic carbocycles. The molecule has 9 heteroatoms. The molecule has 0 saturated carbocycles. The van der Waals surface area contributed by atoms with Gasteiger partial charge in [-0.05, 0) is 6.42 Å². The molecule has 1 rings (SSSR count). The summed E-state index contributed by atoms with van der Waals surface area (Å²) in [6.07, 6.45) is -9.20. The summed E-state index contributed by atoms with van der Waals surface area (Å²) in [5, 5.41) is 8.64. The number of likely N-dealkylation sites (tertiary alicyclic amines) is 1. The Kier molecular flexibility index (Phi) is 3.30. The van der Waals surface area contributed by atoms with E-state index in [-0.39, 0.29) is 4.90 Å². The Morgan fingerprint density at radius 2 is 1.82 bits per heavy atom. The minimum Gasteiger partial charge on any atom is -0.481 e. The van der Waals surface area contributed by atoms with Crippen molar-refractivity contribution in [1.29, 1.82) is 0 Å². The highest BCUT2D eigenvalue weighted by Crippen LogP contribution is 2.38. The van der Waals surface area contributed by atoms with Crippen LogP contribution >= 0.6 is 0 Å². The van der Waals surface area contributed by atoms with Crippen molar-refractivity contribution >= 4 is 11.9 Å². The fraction of sp³-hybridized carbons (Fsp3) is 0.750. The minimum atomic E-state index is -5.18. The standard InChI is InChI=1S/C8H8F5NO3/c9-4(10)7(6(16)17)1-2-14(3-7)5(15)8(11,12)13/h4H,1-3H2,(H,16,17). The minimum absolute atomic E-state index is 0.0975. The van der Waals surface area contributed by atoms with E-state index in [1.54, 1.807) is 0 Å². The molecule has 1 aliphatic heterocycles. The number of halogens is 5. The van der Waals surface area contributed by atoms with Gasteiger partial charge >= 0.3 is 18.1 Å². The van der Waals surface area contributed by atoms with Crippen LogP contribution < -0.4 is 0 Å². The van der Waals surface area contributed by atoms with Gasteiger partial charge in [-0.1, -0.05) is 0 Å². The van der Waals surface area contributed by atoms with Crippen molar-refractivity contribution in [2.75, 3.05) is 13.1 Å². The maximum Gasteiger partial charge on any atom is 0.471 e. The van der Waals surface area contributed by atoms with Gasteiger partial charge in [0.1, 0.15) is 5.41 Å². The lowest BCUT2D eigenvalue weighted by molar-refractivity contribution is -0.185. The molecule has 1 saturated heterocycles. The van der Waals surface area contributed by atoms with Gasteiger partial charge < -0.3 is 10.0 Å². The predicted octanol–water partition coefficient (Wildman–Crippen LogP) is 1.12. The number of carbonyl (C=O) groups is 2. The third-order valence-electron chi connectivity index (χ3n) is 2.67. The summed E-state index contributed by atoms with van der Waals surface area (Å²) in [7, 11) is 0. The third kappa shape index (κ3) is 2.32. The van der Waals surface area contributed by atoms with E-state index in [2.05, 4.69) is 0 Å². The van der Waals surface area contributed by atoms with Crippen LogP contribution in [0.2, 0.25) is 0 Å². The maximum atomic E-state index is 12.6. The van der Waals surface area contributed by atoms with Crippen molar-refractivity contribution in [3.63, 3.8) is 0 Å². The molecule has 0 aromatic heterocycles.